The van der Waals surface area contributed by atoms with E-state index in [1.165, 1.54) is 5.56 Å². The van der Waals surface area contributed by atoms with Crippen molar-refractivity contribution in [3.05, 3.63) is 29.8 Å². The van der Waals surface area contributed by atoms with E-state index in [2.05, 4.69) is 48.4 Å². The molecule has 28 heavy (non-hydrogen) atoms. The SMILES string of the molecule is CNC1=NS(=O)(=O)N=C1NCCCOc1cccc(CN2CCN(C)CC2)c1. The summed E-state index contributed by atoms with van der Waals surface area (Å²) < 4.78 is 35.7. The normalized spacial score (nSPS) is 19.8. The number of benzene rings is 1. The van der Waals surface area contributed by atoms with Crippen LogP contribution < -0.4 is 15.4 Å². The molecule has 0 aliphatic carbocycles. The Bertz CT molecular complexity index is 831. The molecule has 0 unspecified atom stereocenters. The number of piperazine rings is 1. The highest BCUT2D eigenvalue weighted by Gasteiger charge is 2.22. The summed E-state index contributed by atoms with van der Waals surface area (Å²) in [6, 6.07) is 8.20. The summed E-state index contributed by atoms with van der Waals surface area (Å²) in [5.74, 6) is 1.33. The van der Waals surface area contributed by atoms with Crippen LogP contribution in [0.5, 0.6) is 5.75 Å². The molecule has 0 radical (unpaired) electrons. The fraction of sp³-hybridized carbons (Fsp3) is 0.556. The molecule has 0 bridgehead atoms. The van der Waals surface area contributed by atoms with Gasteiger partial charge < -0.3 is 20.3 Å². The van der Waals surface area contributed by atoms with Crippen LogP contribution in [0.4, 0.5) is 0 Å². The maximum absolute atomic E-state index is 11.4. The molecule has 154 valence electrons. The second-order valence-electron chi connectivity index (χ2n) is 6.93. The molecular formula is C18H28N6O3S. The van der Waals surface area contributed by atoms with Gasteiger partial charge in [-0.1, -0.05) is 12.1 Å². The zero-order valence-electron chi connectivity index (χ0n) is 16.4. The molecule has 2 heterocycles. The molecule has 1 fully saturated rings. The first kappa shape index (κ1) is 20.6. The molecule has 0 atom stereocenters. The first-order chi connectivity index (χ1) is 13.4. The lowest BCUT2D eigenvalue weighted by atomic mass is 10.2. The van der Waals surface area contributed by atoms with E-state index < -0.39 is 10.2 Å². The van der Waals surface area contributed by atoms with Crippen molar-refractivity contribution in [1.29, 1.82) is 0 Å². The molecule has 2 aliphatic rings. The smallest absolute Gasteiger partial charge is 0.367 e. The number of rotatable bonds is 7. The molecule has 1 aromatic carbocycles. The van der Waals surface area contributed by atoms with Crippen molar-refractivity contribution in [2.45, 2.75) is 13.0 Å². The standard InChI is InChI=1S/C18H28N6O3S/c1-19-17-18(22-28(25,26)21-17)20-7-4-12-27-16-6-3-5-15(13-16)14-24-10-8-23(2)9-11-24/h3,5-6,13H,4,7-12,14H2,1-2H3,(H,19,21)(H,20,22). The Labute approximate surface area is 166 Å². The van der Waals surface area contributed by atoms with Gasteiger partial charge in [-0.15, -0.1) is 8.80 Å². The number of hydrogen-bond donors (Lipinski definition) is 2. The number of hydrogen-bond acceptors (Lipinski definition) is 7. The minimum atomic E-state index is -3.75. The quantitative estimate of drug-likeness (QED) is 0.616. The Morgan fingerprint density at radius 1 is 1.14 bits per heavy atom. The van der Waals surface area contributed by atoms with Crippen LogP contribution in [0.3, 0.4) is 0 Å². The number of ether oxygens (including phenoxy) is 1. The van der Waals surface area contributed by atoms with Gasteiger partial charge in [0.15, 0.2) is 11.7 Å². The number of likely N-dealkylation sites (N-methyl/N-ethyl adjacent to an activating group) is 2. The first-order valence-corrected chi connectivity index (χ1v) is 10.8. The highest BCUT2D eigenvalue weighted by Crippen LogP contribution is 2.16. The Morgan fingerprint density at radius 2 is 1.89 bits per heavy atom. The van der Waals surface area contributed by atoms with Crippen molar-refractivity contribution in [1.82, 2.24) is 20.4 Å². The van der Waals surface area contributed by atoms with Crippen molar-refractivity contribution < 1.29 is 13.2 Å². The number of nitrogens with zero attached hydrogens (tertiary/aromatic N) is 4. The first-order valence-electron chi connectivity index (χ1n) is 9.45. The van der Waals surface area contributed by atoms with Crippen molar-refractivity contribution >= 4 is 21.9 Å². The summed E-state index contributed by atoms with van der Waals surface area (Å²) in [7, 11) is 0.0147. The highest BCUT2D eigenvalue weighted by molar-refractivity contribution is 7.89. The minimum absolute atomic E-state index is 0.234. The zero-order chi connectivity index (χ0) is 20.0. The fourth-order valence-corrected chi connectivity index (χ4v) is 3.92. The second-order valence-corrected chi connectivity index (χ2v) is 8.19. The topological polar surface area (TPSA) is 98.6 Å². The van der Waals surface area contributed by atoms with E-state index in [4.69, 9.17) is 4.74 Å². The molecule has 3 rings (SSSR count). The molecular weight excluding hydrogens is 380 g/mol. The van der Waals surface area contributed by atoms with Crippen LogP contribution in [0, 0.1) is 0 Å². The van der Waals surface area contributed by atoms with Gasteiger partial charge in [0.05, 0.1) is 6.61 Å². The molecule has 0 amide bonds. The van der Waals surface area contributed by atoms with Gasteiger partial charge in [-0.25, -0.2) is 0 Å². The average Bonchev–Trinajstić information content (AvgIpc) is 2.97. The third-order valence-electron chi connectivity index (χ3n) is 4.66. The Hall–Kier alpha value is -2.17. The van der Waals surface area contributed by atoms with E-state index >= 15 is 0 Å². The van der Waals surface area contributed by atoms with Gasteiger partial charge in [0.1, 0.15) is 5.75 Å². The lowest BCUT2D eigenvalue weighted by molar-refractivity contribution is 0.148. The van der Waals surface area contributed by atoms with Crippen LogP contribution in [-0.2, 0) is 16.8 Å². The Balaban J connectivity index is 1.40. The summed E-state index contributed by atoms with van der Waals surface area (Å²) in [5, 5.41) is 5.70. The number of amidine groups is 2. The molecule has 0 saturated carbocycles. The third kappa shape index (κ3) is 5.91. The van der Waals surface area contributed by atoms with Crippen LogP contribution in [-0.4, -0.2) is 83.3 Å². The van der Waals surface area contributed by atoms with E-state index in [1.807, 2.05) is 12.1 Å². The van der Waals surface area contributed by atoms with Crippen LogP contribution in [0.15, 0.2) is 33.1 Å². The van der Waals surface area contributed by atoms with Crippen molar-refractivity contribution in [3.63, 3.8) is 0 Å². The molecule has 2 N–H and O–H groups in total. The highest BCUT2D eigenvalue weighted by atomic mass is 32.2. The Kier molecular flexibility index (Phi) is 6.87. The molecule has 2 aliphatic heterocycles. The maximum atomic E-state index is 11.4. The zero-order valence-corrected chi connectivity index (χ0v) is 17.2. The summed E-state index contributed by atoms with van der Waals surface area (Å²) in [6.45, 7) is 6.39. The van der Waals surface area contributed by atoms with Crippen molar-refractivity contribution in [2.75, 3.05) is 53.4 Å². The Morgan fingerprint density at radius 3 is 2.64 bits per heavy atom. The van der Waals surface area contributed by atoms with Gasteiger partial charge in [0.2, 0.25) is 0 Å². The molecule has 0 spiro atoms. The monoisotopic (exact) mass is 408 g/mol. The lowest BCUT2D eigenvalue weighted by Gasteiger charge is -2.32. The minimum Gasteiger partial charge on any atom is -0.494 e. The van der Waals surface area contributed by atoms with Gasteiger partial charge >= 0.3 is 10.2 Å². The maximum Gasteiger partial charge on any atom is 0.367 e. The van der Waals surface area contributed by atoms with E-state index in [0.717, 1.165) is 38.5 Å². The average molecular weight is 409 g/mol. The third-order valence-corrected chi connectivity index (χ3v) is 5.48. The van der Waals surface area contributed by atoms with Crippen molar-refractivity contribution in [3.8, 4) is 5.75 Å². The molecule has 1 aromatic rings. The van der Waals surface area contributed by atoms with Crippen LogP contribution in [0.2, 0.25) is 0 Å². The summed E-state index contributed by atoms with van der Waals surface area (Å²) in [6.07, 6.45) is 0.707. The van der Waals surface area contributed by atoms with Gasteiger partial charge in [0, 0.05) is 46.3 Å². The van der Waals surface area contributed by atoms with Crippen LogP contribution in [0.1, 0.15) is 12.0 Å². The van der Waals surface area contributed by atoms with E-state index in [-0.39, 0.29) is 11.7 Å². The van der Waals surface area contributed by atoms with E-state index in [0.29, 0.717) is 19.6 Å². The fourth-order valence-electron chi connectivity index (χ4n) is 3.08. The van der Waals surface area contributed by atoms with E-state index in [9.17, 15) is 8.42 Å². The second kappa shape index (κ2) is 9.35. The summed E-state index contributed by atoms with van der Waals surface area (Å²) >= 11 is 0. The summed E-state index contributed by atoms with van der Waals surface area (Å²) in [5.41, 5.74) is 1.25. The van der Waals surface area contributed by atoms with E-state index in [1.54, 1.807) is 7.05 Å². The predicted molar refractivity (Wildman–Crippen MR) is 110 cm³/mol. The molecule has 0 aromatic heterocycles. The van der Waals surface area contributed by atoms with Crippen LogP contribution >= 0.6 is 0 Å². The largest absolute Gasteiger partial charge is 0.494 e. The molecule has 9 nitrogen and oxygen atoms in total. The summed E-state index contributed by atoms with van der Waals surface area (Å²) in [4.78, 5) is 4.81. The lowest BCUT2D eigenvalue weighted by Crippen LogP contribution is -2.43. The van der Waals surface area contributed by atoms with Crippen LogP contribution in [0.25, 0.3) is 0 Å². The van der Waals surface area contributed by atoms with Crippen molar-refractivity contribution in [2.24, 2.45) is 8.80 Å². The predicted octanol–water partition coefficient (Wildman–Crippen LogP) is 0.0673. The van der Waals surface area contributed by atoms with Gasteiger partial charge in [-0.3, -0.25) is 4.90 Å². The van der Waals surface area contributed by atoms with Gasteiger partial charge in [0.25, 0.3) is 0 Å². The number of nitrogens with one attached hydrogen (secondary N) is 2. The van der Waals surface area contributed by atoms with Gasteiger partial charge in [-0.05, 0) is 31.2 Å². The molecule has 1 saturated heterocycles. The molecule has 10 heteroatoms. The van der Waals surface area contributed by atoms with Gasteiger partial charge in [-0.2, -0.15) is 8.42 Å².